The molecule has 0 spiro atoms. The molecule has 2 atom stereocenters. The summed E-state index contributed by atoms with van der Waals surface area (Å²) in [7, 11) is 0. The third-order valence-corrected chi connectivity index (χ3v) is 2.84. The van der Waals surface area contributed by atoms with Crippen LogP contribution in [0.25, 0.3) is 0 Å². The predicted octanol–water partition coefficient (Wildman–Crippen LogP) is 1.92. The van der Waals surface area contributed by atoms with Crippen molar-refractivity contribution in [3.05, 3.63) is 0 Å². The second-order valence-corrected chi connectivity index (χ2v) is 4.15. The molecule has 1 unspecified atom stereocenters. The minimum absolute atomic E-state index is 0.0111. The molecule has 0 aromatic carbocycles. The van der Waals surface area contributed by atoms with Crippen LogP contribution in [0.5, 0.6) is 0 Å². The summed E-state index contributed by atoms with van der Waals surface area (Å²) in [5, 5.41) is 11.8. The lowest BCUT2D eigenvalue weighted by Gasteiger charge is -2.21. The average Bonchev–Trinajstić information content (AvgIpc) is 2.26. The Kier molecular flexibility index (Phi) is 8.82. The first kappa shape index (κ1) is 14.7. The third-order valence-electron chi connectivity index (χ3n) is 2.60. The maximum atomic E-state index is 11.1. The molecule has 0 bridgehead atoms. The van der Waals surface area contributed by atoms with Gasteiger partial charge in [0, 0.05) is 0 Å². The topological polar surface area (TPSA) is 49.3 Å². The molecule has 0 radical (unpaired) electrons. The molecule has 0 heterocycles. The molecule has 0 rings (SSSR count). The molecule has 1 amide bonds. The van der Waals surface area contributed by atoms with Crippen LogP contribution in [0.15, 0.2) is 0 Å². The molecule has 90 valence electrons. The molecule has 0 aliphatic heterocycles. The Balaban J connectivity index is 3.99. The molecule has 0 aliphatic carbocycles. The van der Waals surface area contributed by atoms with Crippen molar-refractivity contribution in [2.45, 2.75) is 45.6 Å². The zero-order valence-electron chi connectivity index (χ0n) is 9.63. The van der Waals surface area contributed by atoms with Crippen molar-refractivity contribution in [1.82, 2.24) is 5.32 Å². The summed E-state index contributed by atoms with van der Waals surface area (Å²) in [6, 6.07) is -0.146. The van der Waals surface area contributed by atoms with Crippen LogP contribution in [0.4, 0.5) is 0 Å². The van der Waals surface area contributed by atoms with Crippen molar-refractivity contribution in [2.24, 2.45) is 5.92 Å². The number of hydrogen-bond donors (Lipinski definition) is 2. The van der Waals surface area contributed by atoms with E-state index in [1.54, 1.807) is 0 Å². The van der Waals surface area contributed by atoms with E-state index < -0.39 is 0 Å². The summed E-state index contributed by atoms with van der Waals surface area (Å²) in [6.07, 6.45) is 4.20. The highest BCUT2D eigenvalue weighted by Crippen LogP contribution is 2.17. The Hall–Kier alpha value is -0.280. The van der Waals surface area contributed by atoms with E-state index in [2.05, 4.69) is 19.2 Å². The smallest absolute Gasteiger partial charge is 0.235 e. The first-order valence-corrected chi connectivity index (χ1v) is 6.17. The minimum Gasteiger partial charge on any atom is -0.394 e. The van der Waals surface area contributed by atoms with E-state index in [1.165, 1.54) is 0 Å². The van der Waals surface area contributed by atoms with Gasteiger partial charge in [-0.3, -0.25) is 4.79 Å². The highest BCUT2D eigenvalue weighted by molar-refractivity contribution is 6.27. The Morgan fingerprint density at radius 1 is 1.47 bits per heavy atom. The van der Waals surface area contributed by atoms with Crippen molar-refractivity contribution in [1.29, 1.82) is 0 Å². The van der Waals surface area contributed by atoms with Crippen LogP contribution >= 0.6 is 11.6 Å². The molecule has 0 saturated carbocycles. The molecule has 0 saturated heterocycles. The number of alkyl halides is 1. The van der Waals surface area contributed by atoms with Gasteiger partial charge in [-0.05, 0) is 12.3 Å². The third kappa shape index (κ3) is 6.74. The molecule has 4 heteroatoms. The van der Waals surface area contributed by atoms with Gasteiger partial charge in [-0.2, -0.15) is 0 Å². The van der Waals surface area contributed by atoms with Crippen molar-refractivity contribution < 1.29 is 9.90 Å². The van der Waals surface area contributed by atoms with Crippen LogP contribution < -0.4 is 5.32 Å². The van der Waals surface area contributed by atoms with Gasteiger partial charge < -0.3 is 10.4 Å². The first-order chi connectivity index (χ1) is 7.17. The summed E-state index contributed by atoms with van der Waals surface area (Å²) in [4.78, 5) is 11.1. The summed E-state index contributed by atoms with van der Waals surface area (Å²) < 4.78 is 0. The second kappa shape index (κ2) is 8.98. The minimum atomic E-state index is -0.206. The maximum absolute atomic E-state index is 11.1. The Labute approximate surface area is 97.2 Å². The summed E-state index contributed by atoms with van der Waals surface area (Å²) >= 11 is 5.39. The largest absolute Gasteiger partial charge is 0.394 e. The fraction of sp³-hybridized carbons (Fsp3) is 0.909. The summed E-state index contributed by atoms with van der Waals surface area (Å²) in [5.74, 6) is 0.325. The lowest BCUT2D eigenvalue weighted by Crippen LogP contribution is -2.39. The van der Waals surface area contributed by atoms with Crippen LogP contribution in [-0.2, 0) is 4.79 Å². The zero-order chi connectivity index (χ0) is 11.7. The molecule has 0 fully saturated rings. The SMILES string of the molecule is CCCC(CC)C[C@@H](CO)NC(=O)CCl. The van der Waals surface area contributed by atoms with Gasteiger partial charge in [-0.15, -0.1) is 11.6 Å². The van der Waals surface area contributed by atoms with Gasteiger partial charge in [0.05, 0.1) is 12.6 Å². The quantitative estimate of drug-likeness (QED) is 0.632. The first-order valence-electron chi connectivity index (χ1n) is 5.64. The van der Waals surface area contributed by atoms with Gasteiger partial charge >= 0.3 is 0 Å². The van der Waals surface area contributed by atoms with Crippen LogP contribution in [0.3, 0.4) is 0 Å². The van der Waals surface area contributed by atoms with Gasteiger partial charge in [-0.25, -0.2) is 0 Å². The predicted molar refractivity (Wildman–Crippen MR) is 63.0 cm³/mol. The van der Waals surface area contributed by atoms with Gasteiger partial charge in [0.15, 0.2) is 0 Å². The van der Waals surface area contributed by atoms with Crippen LogP contribution in [0, 0.1) is 5.92 Å². The molecule has 15 heavy (non-hydrogen) atoms. The number of aliphatic hydroxyl groups excluding tert-OH is 1. The number of rotatable bonds is 8. The van der Waals surface area contributed by atoms with E-state index in [9.17, 15) is 4.79 Å². The van der Waals surface area contributed by atoms with Gasteiger partial charge in [0.25, 0.3) is 0 Å². The Morgan fingerprint density at radius 3 is 2.53 bits per heavy atom. The van der Waals surface area contributed by atoms with Crippen molar-refractivity contribution in [2.75, 3.05) is 12.5 Å². The summed E-state index contributed by atoms with van der Waals surface area (Å²) in [5.41, 5.74) is 0. The van der Waals surface area contributed by atoms with Gasteiger partial charge in [-0.1, -0.05) is 33.1 Å². The number of hydrogen-bond acceptors (Lipinski definition) is 2. The lowest BCUT2D eigenvalue weighted by atomic mass is 9.93. The van der Waals surface area contributed by atoms with Gasteiger partial charge in [0.1, 0.15) is 5.88 Å². The van der Waals surface area contributed by atoms with E-state index in [1.807, 2.05) is 0 Å². The molecule has 2 N–H and O–H groups in total. The molecular weight excluding hydrogens is 214 g/mol. The van der Waals surface area contributed by atoms with Gasteiger partial charge in [0.2, 0.25) is 5.91 Å². The van der Waals surface area contributed by atoms with E-state index in [4.69, 9.17) is 16.7 Å². The van der Waals surface area contributed by atoms with Crippen molar-refractivity contribution >= 4 is 17.5 Å². The fourth-order valence-electron chi connectivity index (χ4n) is 1.74. The average molecular weight is 236 g/mol. The molecule has 3 nitrogen and oxygen atoms in total. The fourth-order valence-corrected chi connectivity index (χ4v) is 1.82. The second-order valence-electron chi connectivity index (χ2n) is 3.88. The van der Waals surface area contributed by atoms with E-state index in [-0.39, 0.29) is 24.4 Å². The molecule has 0 aromatic heterocycles. The van der Waals surface area contributed by atoms with Crippen LogP contribution in [0.2, 0.25) is 0 Å². The lowest BCUT2D eigenvalue weighted by molar-refractivity contribution is -0.119. The standard InChI is InChI=1S/C11H22ClNO2/c1-3-5-9(4-2)6-10(8-14)13-11(15)7-12/h9-10,14H,3-8H2,1-2H3,(H,13,15)/t9?,10-/m0/s1. The monoisotopic (exact) mass is 235 g/mol. The van der Waals surface area contributed by atoms with Crippen LogP contribution in [0.1, 0.15) is 39.5 Å². The number of carbonyl (C=O) groups is 1. The highest BCUT2D eigenvalue weighted by Gasteiger charge is 2.15. The van der Waals surface area contributed by atoms with E-state index in [0.29, 0.717) is 5.92 Å². The molecular formula is C11H22ClNO2. The Morgan fingerprint density at radius 2 is 2.13 bits per heavy atom. The Bertz CT molecular complexity index is 176. The van der Waals surface area contributed by atoms with E-state index in [0.717, 1.165) is 25.7 Å². The number of amides is 1. The normalized spacial score (nSPS) is 14.7. The number of aliphatic hydroxyl groups is 1. The maximum Gasteiger partial charge on any atom is 0.235 e. The number of carbonyl (C=O) groups excluding carboxylic acids is 1. The number of nitrogens with one attached hydrogen (secondary N) is 1. The van der Waals surface area contributed by atoms with Crippen LogP contribution in [-0.4, -0.2) is 29.5 Å². The summed E-state index contributed by atoms with van der Waals surface area (Å²) in [6.45, 7) is 4.27. The van der Waals surface area contributed by atoms with Crippen molar-refractivity contribution in [3.63, 3.8) is 0 Å². The molecule has 0 aliphatic rings. The molecule has 0 aromatic rings. The number of halogens is 1. The zero-order valence-corrected chi connectivity index (χ0v) is 10.4. The van der Waals surface area contributed by atoms with Crippen molar-refractivity contribution in [3.8, 4) is 0 Å². The van der Waals surface area contributed by atoms with E-state index >= 15 is 0 Å². The highest BCUT2D eigenvalue weighted by atomic mass is 35.5.